The summed E-state index contributed by atoms with van der Waals surface area (Å²) in [5, 5.41) is 5.29. The lowest BCUT2D eigenvalue weighted by molar-refractivity contribution is -0.153. The predicted octanol–water partition coefficient (Wildman–Crippen LogP) is 2.79. The maximum absolute atomic E-state index is 12.2. The second kappa shape index (κ2) is 9.07. The van der Waals surface area contributed by atoms with E-state index >= 15 is 0 Å². The second-order valence-corrected chi connectivity index (χ2v) is 8.01. The number of carbonyl (C=O) groups is 4. The maximum atomic E-state index is 12.2. The van der Waals surface area contributed by atoms with Crippen molar-refractivity contribution in [1.29, 1.82) is 0 Å². The smallest absolute Gasteiger partial charge is 0.325 e. The predicted molar refractivity (Wildman–Crippen MR) is 108 cm³/mol. The van der Waals surface area contributed by atoms with Crippen LogP contribution in [-0.4, -0.2) is 46.9 Å². The number of imide groups is 1. The molecule has 0 unspecified atom stereocenters. The third-order valence-electron chi connectivity index (χ3n) is 4.73. The van der Waals surface area contributed by atoms with Gasteiger partial charge >= 0.3 is 12.0 Å². The first kappa shape index (κ1) is 22.4. The molecule has 29 heavy (non-hydrogen) atoms. The first-order chi connectivity index (χ1) is 13.5. The van der Waals surface area contributed by atoms with Gasteiger partial charge in [-0.15, -0.1) is 0 Å². The van der Waals surface area contributed by atoms with Crippen LogP contribution in [0.2, 0.25) is 0 Å². The van der Waals surface area contributed by atoms with Crippen LogP contribution in [0.5, 0.6) is 0 Å². The molecule has 1 aliphatic heterocycles. The fraction of sp³-hybridized carbons (Fsp3) is 0.524. The average molecular weight is 403 g/mol. The average Bonchev–Trinajstić information content (AvgIpc) is 2.83. The Kier molecular flexibility index (Phi) is 7.00. The van der Waals surface area contributed by atoms with E-state index in [2.05, 4.69) is 24.5 Å². The molecule has 1 atom stereocenters. The van der Waals surface area contributed by atoms with E-state index in [9.17, 15) is 19.2 Å². The lowest BCUT2D eigenvalue weighted by Gasteiger charge is -2.16. The number of hydrogen-bond acceptors (Lipinski definition) is 5. The van der Waals surface area contributed by atoms with Crippen LogP contribution < -0.4 is 10.6 Å². The molecule has 4 amide bonds. The number of rotatable bonds is 8. The van der Waals surface area contributed by atoms with Gasteiger partial charge in [0.15, 0.2) is 6.10 Å². The summed E-state index contributed by atoms with van der Waals surface area (Å²) in [5.41, 5.74) is 0.858. The minimum atomic E-state index is -0.956. The molecule has 1 aromatic carbocycles. The Hall–Kier alpha value is -2.90. The van der Waals surface area contributed by atoms with Crippen molar-refractivity contribution in [2.45, 2.75) is 65.0 Å². The molecule has 2 rings (SSSR count). The van der Waals surface area contributed by atoms with Gasteiger partial charge in [-0.2, -0.15) is 0 Å². The van der Waals surface area contributed by atoms with Crippen molar-refractivity contribution in [3.63, 3.8) is 0 Å². The Morgan fingerprint density at radius 3 is 2.28 bits per heavy atom. The summed E-state index contributed by atoms with van der Waals surface area (Å²) in [6.07, 6.45) is -0.694. The van der Waals surface area contributed by atoms with Gasteiger partial charge in [-0.25, -0.2) is 4.79 Å². The summed E-state index contributed by atoms with van der Waals surface area (Å²) in [4.78, 5) is 49.2. The molecule has 0 aromatic heterocycles. The zero-order valence-corrected chi connectivity index (χ0v) is 17.6. The fourth-order valence-corrected chi connectivity index (χ4v) is 2.91. The molecule has 1 heterocycles. The van der Waals surface area contributed by atoms with E-state index < -0.39 is 29.6 Å². The fourth-order valence-electron chi connectivity index (χ4n) is 2.91. The molecule has 1 fully saturated rings. The van der Waals surface area contributed by atoms with Crippen LogP contribution in [0.15, 0.2) is 24.3 Å². The number of nitrogens with one attached hydrogen (secondary N) is 2. The molecule has 0 bridgehead atoms. The van der Waals surface area contributed by atoms with Gasteiger partial charge < -0.3 is 15.4 Å². The molecule has 1 aliphatic rings. The Morgan fingerprint density at radius 1 is 1.14 bits per heavy atom. The zero-order chi connectivity index (χ0) is 21.8. The van der Waals surface area contributed by atoms with Crippen molar-refractivity contribution in [2.24, 2.45) is 0 Å². The molecule has 0 aliphatic carbocycles. The minimum Gasteiger partial charge on any atom is -0.453 e. The summed E-state index contributed by atoms with van der Waals surface area (Å²) in [7, 11) is 0. The highest BCUT2D eigenvalue weighted by molar-refractivity contribution is 6.06. The van der Waals surface area contributed by atoms with Gasteiger partial charge in [0.25, 0.3) is 11.8 Å². The monoisotopic (exact) mass is 403 g/mol. The van der Waals surface area contributed by atoms with E-state index in [0.717, 1.165) is 10.5 Å². The van der Waals surface area contributed by atoms with E-state index in [-0.39, 0.29) is 25.3 Å². The Balaban J connectivity index is 1.76. The van der Waals surface area contributed by atoms with E-state index in [1.807, 2.05) is 12.1 Å². The highest BCUT2D eigenvalue weighted by Gasteiger charge is 2.43. The molecular formula is C21H29N3O5. The summed E-state index contributed by atoms with van der Waals surface area (Å²) in [5.74, 6) is -0.916. The van der Waals surface area contributed by atoms with Crippen LogP contribution in [0.1, 0.15) is 58.9 Å². The Labute approximate surface area is 171 Å². The first-order valence-corrected chi connectivity index (χ1v) is 9.75. The second-order valence-electron chi connectivity index (χ2n) is 8.01. The van der Waals surface area contributed by atoms with Gasteiger partial charge in [0.2, 0.25) is 0 Å². The number of amides is 4. The highest BCUT2D eigenvalue weighted by atomic mass is 16.5. The molecule has 1 saturated heterocycles. The minimum absolute atomic E-state index is 0.00179. The van der Waals surface area contributed by atoms with Crippen molar-refractivity contribution in [2.75, 3.05) is 11.9 Å². The molecule has 2 N–H and O–H groups in total. The highest BCUT2D eigenvalue weighted by Crippen LogP contribution is 2.18. The van der Waals surface area contributed by atoms with Crippen molar-refractivity contribution in [3.05, 3.63) is 29.8 Å². The maximum Gasteiger partial charge on any atom is 0.325 e. The summed E-state index contributed by atoms with van der Waals surface area (Å²) >= 11 is 0. The SMILES string of the molecule is CC(C)c1ccc(NC(=O)[C@@H](C)OC(=O)CCCN2C(=O)NC(C)(C)C2=O)cc1. The molecule has 158 valence electrons. The van der Waals surface area contributed by atoms with Gasteiger partial charge in [0.05, 0.1) is 0 Å². The van der Waals surface area contributed by atoms with Crippen LogP contribution >= 0.6 is 0 Å². The van der Waals surface area contributed by atoms with Crippen LogP contribution in [0, 0.1) is 0 Å². The van der Waals surface area contributed by atoms with Crippen LogP contribution in [0.4, 0.5) is 10.5 Å². The third-order valence-corrected chi connectivity index (χ3v) is 4.73. The lowest BCUT2D eigenvalue weighted by Crippen LogP contribution is -2.40. The number of hydrogen-bond donors (Lipinski definition) is 2. The quantitative estimate of drug-likeness (QED) is 0.513. The number of carbonyl (C=O) groups excluding carboxylic acids is 4. The molecule has 0 spiro atoms. The van der Waals surface area contributed by atoms with E-state index in [4.69, 9.17) is 4.74 Å². The standard InChI is InChI=1S/C21H29N3O5/c1-13(2)15-8-10-16(11-9-15)22-18(26)14(3)29-17(25)7-6-12-24-19(27)21(4,5)23-20(24)28/h8-11,13-14H,6-7,12H2,1-5H3,(H,22,26)(H,23,28)/t14-/m1/s1. The first-order valence-electron chi connectivity index (χ1n) is 9.75. The molecule has 0 saturated carbocycles. The normalized spacial score (nSPS) is 16.6. The summed E-state index contributed by atoms with van der Waals surface area (Å²) in [6, 6.07) is 7.02. The van der Waals surface area contributed by atoms with Crippen LogP contribution in [0.25, 0.3) is 0 Å². The van der Waals surface area contributed by atoms with Crippen LogP contribution in [0.3, 0.4) is 0 Å². The Morgan fingerprint density at radius 2 is 1.76 bits per heavy atom. The van der Waals surface area contributed by atoms with Crippen molar-refractivity contribution in [3.8, 4) is 0 Å². The van der Waals surface area contributed by atoms with Gasteiger partial charge in [-0.1, -0.05) is 26.0 Å². The van der Waals surface area contributed by atoms with Crippen LogP contribution in [-0.2, 0) is 19.1 Å². The van der Waals surface area contributed by atoms with Gasteiger partial charge in [-0.05, 0) is 50.8 Å². The van der Waals surface area contributed by atoms with Gasteiger partial charge in [0.1, 0.15) is 5.54 Å². The lowest BCUT2D eigenvalue weighted by atomic mass is 10.0. The topological polar surface area (TPSA) is 105 Å². The Bertz CT molecular complexity index is 786. The molecule has 0 radical (unpaired) electrons. The van der Waals surface area contributed by atoms with Crippen molar-refractivity contribution < 1.29 is 23.9 Å². The number of nitrogens with zero attached hydrogens (tertiary/aromatic N) is 1. The zero-order valence-electron chi connectivity index (χ0n) is 17.6. The van der Waals surface area contributed by atoms with Gasteiger partial charge in [0, 0.05) is 18.7 Å². The largest absolute Gasteiger partial charge is 0.453 e. The number of urea groups is 1. The number of esters is 1. The van der Waals surface area contributed by atoms with Gasteiger partial charge in [-0.3, -0.25) is 19.3 Å². The summed E-state index contributed by atoms with van der Waals surface area (Å²) in [6.45, 7) is 9.03. The van der Waals surface area contributed by atoms with E-state index in [1.165, 1.54) is 6.92 Å². The van der Waals surface area contributed by atoms with Crippen molar-refractivity contribution >= 4 is 29.5 Å². The molecular weight excluding hydrogens is 374 g/mol. The third kappa shape index (κ3) is 5.79. The number of ether oxygens (including phenoxy) is 1. The molecule has 8 heteroatoms. The van der Waals surface area contributed by atoms with E-state index in [1.54, 1.807) is 26.0 Å². The molecule has 1 aromatic rings. The number of anilines is 1. The molecule has 8 nitrogen and oxygen atoms in total. The van der Waals surface area contributed by atoms with Crippen molar-refractivity contribution in [1.82, 2.24) is 10.2 Å². The summed E-state index contributed by atoms with van der Waals surface area (Å²) < 4.78 is 5.15. The van der Waals surface area contributed by atoms with E-state index in [0.29, 0.717) is 11.6 Å². The number of benzene rings is 1.